The van der Waals surface area contributed by atoms with Crippen molar-refractivity contribution in [3.63, 3.8) is 0 Å². The lowest BCUT2D eigenvalue weighted by Crippen LogP contribution is -2.37. The van der Waals surface area contributed by atoms with Crippen LogP contribution in [0.3, 0.4) is 0 Å². The van der Waals surface area contributed by atoms with Gasteiger partial charge in [-0.05, 0) is 54.2 Å². The minimum absolute atomic E-state index is 0.0455. The average molecular weight is 457 g/mol. The largest absolute Gasteiger partial charge is 0.459 e. The molecule has 1 saturated carbocycles. The highest BCUT2D eigenvalue weighted by molar-refractivity contribution is 6.05. The van der Waals surface area contributed by atoms with Crippen LogP contribution in [0.1, 0.15) is 63.5 Å². The lowest BCUT2D eigenvalue weighted by atomic mass is 9.75. The Balaban J connectivity index is 1.57. The second kappa shape index (κ2) is 11.0. The maximum atomic E-state index is 13.5. The van der Waals surface area contributed by atoms with E-state index in [9.17, 15) is 9.59 Å². The van der Waals surface area contributed by atoms with Gasteiger partial charge in [-0.1, -0.05) is 100 Å². The zero-order chi connectivity index (χ0) is 24.1. The fourth-order valence-electron chi connectivity index (χ4n) is 5.63. The first-order valence-corrected chi connectivity index (χ1v) is 12.7. The third kappa shape index (κ3) is 5.58. The van der Waals surface area contributed by atoms with Gasteiger partial charge in [-0.15, -0.1) is 0 Å². The van der Waals surface area contributed by atoms with Crippen molar-refractivity contribution in [2.45, 2.75) is 58.5 Å². The van der Waals surface area contributed by atoms with Crippen molar-refractivity contribution in [2.24, 2.45) is 23.7 Å². The fraction of sp³-hybridized carbons (Fsp3) is 0.419. The molecular formula is C31H36O3. The standard InChI is InChI=1S/C31H36O3/c1-21(2)25-16-14-22(3)20-29(25)34-31(33)27-18-17-26(24-12-8-5-9-13-24)30(27)28(32)19-15-23-10-6-4-7-11-23/h4-13,15,18-19,21-22,25-26,29-30H,14,16-17,20H2,1-3H3/b19-15+/t22-,25+,26+,29-,30+/m0/s1. The Morgan fingerprint density at radius 1 is 0.971 bits per heavy atom. The molecule has 178 valence electrons. The first-order valence-electron chi connectivity index (χ1n) is 12.7. The highest BCUT2D eigenvalue weighted by atomic mass is 16.5. The molecule has 3 heteroatoms. The minimum atomic E-state index is -0.520. The maximum Gasteiger partial charge on any atom is 0.334 e. The Hall–Kier alpha value is -2.94. The summed E-state index contributed by atoms with van der Waals surface area (Å²) in [5.74, 6) is 0.459. The van der Waals surface area contributed by atoms with E-state index in [1.807, 2.05) is 72.8 Å². The molecular weight excluding hydrogens is 420 g/mol. The minimum Gasteiger partial charge on any atom is -0.459 e. The molecule has 0 aliphatic heterocycles. The van der Waals surface area contributed by atoms with Gasteiger partial charge in [0.05, 0.1) is 5.92 Å². The molecule has 0 saturated heterocycles. The Morgan fingerprint density at radius 2 is 1.65 bits per heavy atom. The van der Waals surface area contributed by atoms with E-state index in [4.69, 9.17) is 4.74 Å². The van der Waals surface area contributed by atoms with Crippen LogP contribution in [0, 0.1) is 23.7 Å². The third-order valence-electron chi connectivity index (χ3n) is 7.56. The van der Waals surface area contributed by atoms with E-state index in [1.165, 1.54) is 6.42 Å². The van der Waals surface area contributed by atoms with E-state index in [2.05, 4.69) is 20.8 Å². The normalized spacial score (nSPS) is 27.1. The van der Waals surface area contributed by atoms with E-state index in [0.717, 1.165) is 24.0 Å². The van der Waals surface area contributed by atoms with E-state index in [1.54, 1.807) is 6.08 Å². The van der Waals surface area contributed by atoms with Crippen LogP contribution in [-0.4, -0.2) is 17.9 Å². The molecule has 4 rings (SSSR count). The topological polar surface area (TPSA) is 43.4 Å². The van der Waals surface area contributed by atoms with Gasteiger partial charge in [0.25, 0.3) is 0 Å². The van der Waals surface area contributed by atoms with Crippen LogP contribution in [0.15, 0.2) is 78.4 Å². The van der Waals surface area contributed by atoms with Gasteiger partial charge in [-0.2, -0.15) is 0 Å². The lowest BCUT2D eigenvalue weighted by molar-refractivity contribution is -0.152. The molecule has 0 spiro atoms. The molecule has 0 bridgehead atoms. The molecule has 0 unspecified atom stereocenters. The van der Waals surface area contributed by atoms with E-state index < -0.39 is 5.92 Å². The monoisotopic (exact) mass is 456 g/mol. The molecule has 2 aromatic rings. The number of esters is 1. The van der Waals surface area contributed by atoms with Gasteiger partial charge in [-0.25, -0.2) is 4.79 Å². The van der Waals surface area contributed by atoms with Crippen LogP contribution < -0.4 is 0 Å². The fourth-order valence-corrected chi connectivity index (χ4v) is 5.63. The summed E-state index contributed by atoms with van der Waals surface area (Å²) in [5.41, 5.74) is 2.57. The number of rotatable bonds is 7. The molecule has 0 aromatic heterocycles. The number of hydrogen-bond acceptors (Lipinski definition) is 3. The van der Waals surface area contributed by atoms with Crippen molar-refractivity contribution in [1.82, 2.24) is 0 Å². The summed E-state index contributed by atoms with van der Waals surface area (Å²) in [5, 5.41) is 0. The number of ketones is 1. The predicted molar refractivity (Wildman–Crippen MR) is 137 cm³/mol. The Morgan fingerprint density at radius 3 is 2.32 bits per heavy atom. The Bertz CT molecular complexity index is 1030. The molecule has 2 aromatic carbocycles. The van der Waals surface area contributed by atoms with E-state index in [0.29, 0.717) is 29.7 Å². The molecule has 0 amide bonds. The van der Waals surface area contributed by atoms with Crippen LogP contribution in [-0.2, 0) is 14.3 Å². The number of carbonyl (C=O) groups excluding carboxylic acids is 2. The zero-order valence-electron chi connectivity index (χ0n) is 20.5. The van der Waals surface area contributed by atoms with Gasteiger partial charge in [-0.3, -0.25) is 4.79 Å². The van der Waals surface area contributed by atoms with Crippen molar-refractivity contribution in [2.75, 3.05) is 0 Å². The molecule has 2 aliphatic carbocycles. The predicted octanol–water partition coefficient (Wildman–Crippen LogP) is 7.00. The number of ether oxygens (including phenoxy) is 1. The number of allylic oxidation sites excluding steroid dienone is 2. The number of benzene rings is 2. The van der Waals surface area contributed by atoms with E-state index in [-0.39, 0.29) is 23.8 Å². The second-order valence-electron chi connectivity index (χ2n) is 10.3. The van der Waals surface area contributed by atoms with Crippen LogP contribution in [0.2, 0.25) is 0 Å². The summed E-state index contributed by atoms with van der Waals surface area (Å²) in [6.07, 6.45) is 9.16. The summed E-state index contributed by atoms with van der Waals surface area (Å²) >= 11 is 0. The molecule has 0 heterocycles. The molecule has 0 N–H and O–H groups in total. The smallest absolute Gasteiger partial charge is 0.334 e. The first-order chi connectivity index (χ1) is 16.4. The molecule has 3 nitrogen and oxygen atoms in total. The highest BCUT2D eigenvalue weighted by Gasteiger charge is 2.41. The van der Waals surface area contributed by atoms with Gasteiger partial charge in [0.1, 0.15) is 6.10 Å². The SMILES string of the molecule is CC(C)[C@H]1CC[C@H](C)C[C@@H]1OC(=O)C1=CC[C@H](c2ccccc2)[C@H]1C(=O)/C=C/c1ccccc1. The number of hydrogen-bond donors (Lipinski definition) is 0. The van der Waals surface area contributed by atoms with E-state index >= 15 is 0 Å². The summed E-state index contributed by atoms with van der Waals surface area (Å²) < 4.78 is 6.16. The lowest BCUT2D eigenvalue weighted by Gasteiger charge is -2.37. The second-order valence-corrected chi connectivity index (χ2v) is 10.3. The van der Waals surface area contributed by atoms with Crippen molar-refractivity contribution in [3.8, 4) is 0 Å². The molecule has 0 radical (unpaired) electrons. The van der Waals surface area contributed by atoms with Crippen molar-refractivity contribution >= 4 is 17.8 Å². The first kappa shape index (κ1) is 24.2. The molecule has 34 heavy (non-hydrogen) atoms. The van der Waals surface area contributed by atoms with Crippen molar-refractivity contribution < 1.29 is 14.3 Å². The Labute approximate surface area is 203 Å². The van der Waals surface area contributed by atoms with Gasteiger partial charge in [0, 0.05) is 11.5 Å². The third-order valence-corrected chi connectivity index (χ3v) is 7.56. The van der Waals surface area contributed by atoms with Crippen molar-refractivity contribution in [1.29, 1.82) is 0 Å². The zero-order valence-corrected chi connectivity index (χ0v) is 20.5. The molecule has 1 fully saturated rings. The number of carbonyl (C=O) groups is 2. The van der Waals surface area contributed by atoms with Gasteiger partial charge >= 0.3 is 5.97 Å². The summed E-state index contributed by atoms with van der Waals surface area (Å²) in [6, 6.07) is 19.8. The van der Waals surface area contributed by atoms with Crippen LogP contribution in [0.4, 0.5) is 0 Å². The van der Waals surface area contributed by atoms with Crippen molar-refractivity contribution in [3.05, 3.63) is 89.5 Å². The van der Waals surface area contributed by atoms with Gasteiger partial charge in [0.2, 0.25) is 0 Å². The van der Waals surface area contributed by atoms with Crippen LogP contribution >= 0.6 is 0 Å². The molecule has 2 aliphatic rings. The highest BCUT2D eigenvalue weighted by Crippen LogP contribution is 2.42. The maximum absolute atomic E-state index is 13.5. The summed E-state index contributed by atoms with van der Waals surface area (Å²) in [7, 11) is 0. The van der Waals surface area contributed by atoms with Gasteiger partial charge < -0.3 is 4.74 Å². The Kier molecular flexibility index (Phi) is 7.82. The summed E-state index contributed by atoms with van der Waals surface area (Å²) in [4.78, 5) is 27.0. The molecule has 5 atom stereocenters. The quantitative estimate of drug-likeness (QED) is 0.333. The summed E-state index contributed by atoms with van der Waals surface area (Å²) in [6.45, 7) is 6.66. The van der Waals surface area contributed by atoms with Crippen LogP contribution in [0.25, 0.3) is 6.08 Å². The van der Waals surface area contributed by atoms with Crippen LogP contribution in [0.5, 0.6) is 0 Å². The van der Waals surface area contributed by atoms with Gasteiger partial charge in [0.15, 0.2) is 5.78 Å². The average Bonchev–Trinajstić information content (AvgIpc) is 3.29.